The molecule has 2 saturated heterocycles. The van der Waals surface area contributed by atoms with Gasteiger partial charge in [0.2, 0.25) is 6.79 Å². The third kappa shape index (κ3) is 2.42. The number of amides is 1. The number of carbonyl (C=O) groups excluding carboxylic acids is 1. The first-order valence-corrected chi connectivity index (χ1v) is 8.24. The van der Waals surface area contributed by atoms with E-state index in [1.165, 1.54) is 19.3 Å². The highest BCUT2D eigenvalue weighted by Gasteiger charge is 2.36. The molecule has 5 nitrogen and oxygen atoms in total. The van der Waals surface area contributed by atoms with Gasteiger partial charge in [-0.2, -0.15) is 0 Å². The topological polar surface area (TPSA) is 50.8 Å². The number of piperidine rings is 1. The minimum absolute atomic E-state index is 0.0855. The number of benzene rings is 1. The van der Waals surface area contributed by atoms with Crippen molar-refractivity contribution in [2.24, 2.45) is 0 Å². The SMILES string of the molecule is O=C(NC1CCN2CCCCC12)c1cc(Cl)c2c(c1)OCO2. The van der Waals surface area contributed by atoms with Crippen LogP contribution in [0.5, 0.6) is 11.5 Å². The van der Waals surface area contributed by atoms with Crippen LogP contribution in [0.15, 0.2) is 12.1 Å². The smallest absolute Gasteiger partial charge is 0.251 e. The highest BCUT2D eigenvalue weighted by Crippen LogP contribution is 2.39. The maximum absolute atomic E-state index is 12.5. The van der Waals surface area contributed by atoms with Gasteiger partial charge >= 0.3 is 0 Å². The number of halogens is 1. The molecule has 0 radical (unpaired) electrons. The van der Waals surface area contributed by atoms with Gasteiger partial charge in [-0.1, -0.05) is 18.0 Å². The van der Waals surface area contributed by atoms with Crippen LogP contribution in [0, 0.1) is 0 Å². The molecule has 0 bridgehead atoms. The summed E-state index contributed by atoms with van der Waals surface area (Å²) in [6.45, 7) is 2.39. The van der Waals surface area contributed by atoms with Crippen molar-refractivity contribution in [3.8, 4) is 11.5 Å². The third-order valence-corrected chi connectivity index (χ3v) is 5.14. The molecule has 6 heteroatoms. The largest absolute Gasteiger partial charge is 0.454 e. The average molecular weight is 323 g/mol. The predicted molar refractivity (Wildman–Crippen MR) is 82.7 cm³/mol. The molecule has 3 aliphatic heterocycles. The van der Waals surface area contributed by atoms with Gasteiger partial charge in [0.25, 0.3) is 5.91 Å². The van der Waals surface area contributed by atoms with Crippen molar-refractivity contribution in [3.05, 3.63) is 22.7 Å². The molecule has 0 aromatic heterocycles. The summed E-state index contributed by atoms with van der Waals surface area (Å²) in [6, 6.07) is 4.08. The molecule has 22 heavy (non-hydrogen) atoms. The molecule has 0 aliphatic carbocycles. The van der Waals surface area contributed by atoms with E-state index in [2.05, 4.69) is 10.2 Å². The van der Waals surface area contributed by atoms with E-state index < -0.39 is 0 Å². The molecule has 1 aromatic carbocycles. The van der Waals surface area contributed by atoms with E-state index in [0.29, 0.717) is 28.1 Å². The third-order valence-electron chi connectivity index (χ3n) is 4.86. The van der Waals surface area contributed by atoms with Gasteiger partial charge in [0.15, 0.2) is 11.5 Å². The van der Waals surface area contributed by atoms with Crippen LogP contribution >= 0.6 is 11.6 Å². The molecule has 3 aliphatic rings. The first-order valence-electron chi connectivity index (χ1n) is 7.86. The normalized spacial score (nSPS) is 26.8. The second kappa shape index (κ2) is 5.63. The Bertz CT molecular complexity index is 607. The number of nitrogens with zero attached hydrogens (tertiary/aromatic N) is 1. The number of nitrogens with one attached hydrogen (secondary N) is 1. The lowest BCUT2D eigenvalue weighted by molar-refractivity contribution is 0.0915. The second-order valence-electron chi connectivity index (χ2n) is 6.16. The quantitative estimate of drug-likeness (QED) is 0.908. The summed E-state index contributed by atoms with van der Waals surface area (Å²) in [7, 11) is 0. The van der Waals surface area contributed by atoms with Crippen LogP contribution in [0.2, 0.25) is 5.02 Å². The van der Waals surface area contributed by atoms with Crippen LogP contribution in [0.4, 0.5) is 0 Å². The van der Waals surface area contributed by atoms with Crippen molar-refractivity contribution in [2.45, 2.75) is 37.8 Å². The number of ether oxygens (including phenoxy) is 2. The molecule has 0 saturated carbocycles. The molecule has 118 valence electrons. The minimum atomic E-state index is -0.0855. The average Bonchev–Trinajstić information content (AvgIpc) is 3.15. The molecule has 2 fully saturated rings. The number of rotatable bonds is 2. The Hall–Kier alpha value is -1.46. The Labute approximate surface area is 134 Å². The highest BCUT2D eigenvalue weighted by atomic mass is 35.5. The molecule has 4 rings (SSSR count). The molecule has 1 N–H and O–H groups in total. The lowest BCUT2D eigenvalue weighted by atomic mass is 9.99. The van der Waals surface area contributed by atoms with Crippen molar-refractivity contribution >= 4 is 17.5 Å². The standard InChI is InChI=1S/C16H19ClN2O3/c17-11-7-10(8-14-15(11)22-9-21-14)16(20)18-12-4-6-19-5-2-1-3-13(12)19/h7-8,12-13H,1-6,9H2,(H,18,20). The maximum atomic E-state index is 12.5. The fourth-order valence-corrected chi connectivity index (χ4v) is 4.03. The zero-order valence-electron chi connectivity index (χ0n) is 12.3. The van der Waals surface area contributed by atoms with E-state index in [-0.39, 0.29) is 18.7 Å². The van der Waals surface area contributed by atoms with Crippen LogP contribution < -0.4 is 14.8 Å². The zero-order chi connectivity index (χ0) is 15.1. The molecule has 2 unspecified atom stereocenters. The summed E-state index contributed by atoms with van der Waals surface area (Å²) in [6.07, 6.45) is 4.72. The summed E-state index contributed by atoms with van der Waals surface area (Å²) < 4.78 is 10.6. The van der Waals surface area contributed by atoms with E-state index in [0.717, 1.165) is 19.5 Å². The number of fused-ring (bicyclic) bond motifs is 2. The van der Waals surface area contributed by atoms with Gasteiger partial charge in [-0.25, -0.2) is 0 Å². The van der Waals surface area contributed by atoms with Crippen molar-refractivity contribution in [3.63, 3.8) is 0 Å². The lowest BCUT2D eigenvalue weighted by Crippen LogP contribution is -2.46. The van der Waals surface area contributed by atoms with Crippen LogP contribution in [0.1, 0.15) is 36.0 Å². The summed E-state index contributed by atoms with van der Waals surface area (Å²) in [5.41, 5.74) is 0.531. The molecule has 1 aromatic rings. The Kier molecular flexibility index (Phi) is 3.62. The van der Waals surface area contributed by atoms with Crippen molar-refractivity contribution in [1.82, 2.24) is 10.2 Å². The first-order chi connectivity index (χ1) is 10.7. The molecular formula is C16H19ClN2O3. The van der Waals surface area contributed by atoms with Gasteiger partial charge in [0.1, 0.15) is 0 Å². The van der Waals surface area contributed by atoms with E-state index in [1.807, 2.05) is 0 Å². The van der Waals surface area contributed by atoms with Crippen LogP contribution in [-0.4, -0.2) is 42.8 Å². The fourth-order valence-electron chi connectivity index (χ4n) is 3.77. The fraction of sp³-hybridized carbons (Fsp3) is 0.562. The van der Waals surface area contributed by atoms with Crippen molar-refractivity contribution in [2.75, 3.05) is 19.9 Å². The molecule has 0 spiro atoms. The van der Waals surface area contributed by atoms with Crippen LogP contribution in [0.25, 0.3) is 0 Å². The van der Waals surface area contributed by atoms with Crippen molar-refractivity contribution in [1.29, 1.82) is 0 Å². The van der Waals surface area contributed by atoms with E-state index in [9.17, 15) is 4.79 Å². The molecular weight excluding hydrogens is 304 g/mol. The van der Waals surface area contributed by atoms with Gasteiger partial charge in [0.05, 0.1) is 5.02 Å². The monoisotopic (exact) mass is 322 g/mol. The van der Waals surface area contributed by atoms with Crippen LogP contribution in [0.3, 0.4) is 0 Å². The van der Waals surface area contributed by atoms with E-state index in [4.69, 9.17) is 21.1 Å². The lowest BCUT2D eigenvalue weighted by Gasteiger charge is -2.32. The molecule has 2 atom stereocenters. The van der Waals surface area contributed by atoms with Gasteiger partial charge < -0.3 is 14.8 Å². The molecule has 1 amide bonds. The van der Waals surface area contributed by atoms with Gasteiger partial charge in [-0.05, 0) is 37.9 Å². The Balaban J connectivity index is 1.49. The Morgan fingerprint density at radius 1 is 1.23 bits per heavy atom. The van der Waals surface area contributed by atoms with Gasteiger partial charge in [0, 0.05) is 24.2 Å². The summed E-state index contributed by atoms with van der Waals surface area (Å²) >= 11 is 6.15. The number of carbonyl (C=O) groups is 1. The Morgan fingerprint density at radius 3 is 3.05 bits per heavy atom. The van der Waals surface area contributed by atoms with Gasteiger partial charge in [-0.3, -0.25) is 9.69 Å². The first kappa shape index (κ1) is 14.2. The van der Waals surface area contributed by atoms with E-state index >= 15 is 0 Å². The van der Waals surface area contributed by atoms with Crippen molar-refractivity contribution < 1.29 is 14.3 Å². The molecule has 3 heterocycles. The highest BCUT2D eigenvalue weighted by molar-refractivity contribution is 6.32. The number of hydrogen-bond donors (Lipinski definition) is 1. The minimum Gasteiger partial charge on any atom is -0.454 e. The van der Waals surface area contributed by atoms with Crippen LogP contribution in [-0.2, 0) is 0 Å². The summed E-state index contributed by atoms with van der Waals surface area (Å²) in [4.78, 5) is 15.0. The zero-order valence-corrected chi connectivity index (χ0v) is 13.1. The maximum Gasteiger partial charge on any atom is 0.251 e. The summed E-state index contributed by atoms with van der Waals surface area (Å²) in [5.74, 6) is 0.985. The summed E-state index contributed by atoms with van der Waals surface area (Å²) in [5, 5.41) is 3.60. The van der Waals surface area contributed by atoms with E-state index in [1.54, 1.807) is 12.1 Å². The second-order valence-corrected chi connectivity index (χ2v) is 6.57. The Morgan fingerprint density at radius 2 is 2.14 bits per heavy atom. The predicted octanol–water partition coefficient (Wildman–Crippen LogP) is 2.43. The van der Waals surface area contributed by atoms with Gasteiger partial charge in [-0.15, -0.1) is 0 Å². The number of hydrogen-bond acceptors (Lipinski definition) is 4.